The summed E-state index contributed by atoms with van der Waals surface area (Å²) < 4.78 is 13.6. The highest BCUT2D eigenvalue weighted by Gasteiger charge is 2.30. The lowest BCUT2D eigenvalue weighted by atomic mass is 9.87. The molecule has 31 heavy (non-hydrogen) atoms. The van der Waals surface area contributed by atoms with Crippen molar-refractivity contribution in [2.24, 2.45) is 0 Å². The minimum Gasteiger partial charge on any atom is -0.476 e. The van der Waals surface area contributed by atoms with Gasteiger partial charge in [-0.3, -0.25) is 0 Å². The third-order valence-electron chi connectivity index (χ3n) is 5.38. The van der Waals surface area contributed by atoms with Crippen LogP contribution in [0.3, 0.4) is 0 Å². The molecule has 1 N–H and O–H groups in total. The monoisotopic (exact) mass is 504 g/mol. The summed E-state index contributed by atoms with van der Waals surface area (Å²) in [6.07, 6.45) is 0.560. The second kappa shape index (κ2) is 8.55. The van der Waals surface area contributed by atoms with Gasteiger partial charge in [0.05, 0.1) is 5.69 Å². The molecule has 1 aliphatic heterocycles. The highest BCUT2D eigenvalue weighted by molar-refractivity contribution is 9.10. The number of rotatable bonds is 6. The number of aromatic carboxylic acids is 1. The van der Waals surface area contributed by atoms with E-state index in [0.717, 1.165) is 22.4 Å². The number of fused-ring (bicyclic) bond motifs is 1. The lowest BCUT2D eigenvalue weighted by molar-refractivity contribution is 0.0689. The van der Waals surface area contributed by atoms with Crippen molar-refractivity contribution in [1.82, 2.24) is 9.55 Å². The summed E-state index contributed by atoms with van der Waals surface area (Å²) >= 11 is 9.58. The highest BCUT2D eigenvalue weighted by Crippen LogP contribution is 2.40. The normalized spacial score (nSPS) is 13.6. The fourth-order valence-electron chi connectivity index (χ4n) is 4.08. The number of carboxylic acid groups (broad SMARTS) is 1. The van der Waals surface area contributed by atoms with Crippen LogP contribution in [0.1, 0.15) is 58.7 Å². The number of aryl methyl sites for hydroxylation is 1. The van der Waals surface area contributed by atoms with E-state index in [0.29, 0.717) is 27.6 Å². The quantitative estimate of drug-likeness (QED) is 0.445. The second-order valence-electron chi connectivity index (χ2n) is 7.84. The van der Waals surface area contributed by atoms with E-state index < -0.39 is 5.97 Å². The number of nitrogens with zero attached hydrogens (tertiary/aromatic N) is 2. The standard InChI is InChI=1S/C23H22BrClN2O4/c1-12(2)27-20(19(22(28)29)26-23(27)24)17(15-4-6-16(25)7-5-15)9-14-8-13(3)21-18(10-14)30-11-31-21/h4-8,10,12,17H,9,11H2,1-3H3,(H,28,29). The van der Waals surface area contributed by atoms with E-state index >= 15 is 0 Å². The van der Waals surface area contributed by atoms with Gasteiger partial charge in [0, 0.05) is 17.0 Å². The minimum atomic E-state index is -1.06. The first-order valence-electron chi connectivity index (χ1n) is 9.91. The van der Waals surface area contributed by atoms with Crippen LogP contribution in [0.2, 0.25) is 5.02 Å². The molecular formula is C23H22BrClN2O4. The number of hydrogen-bond acceptors (Lipinski definition) is 4. The Morgan fingerprint density at radius 3 is 2.61 bits per heavy atom. The number of hydrogen-bond donors (Lipinski definition) is 1. The van der Waals surface area contributed by atoms with Crippen molar-refractivity contribution in [2.75, 3.05) is 6.79 Å². The summed E-state index contributed by atoms with van der Waals surface area (Å²) in [7, 11) is 0. The smallest absolute Gasteiger partial charge is 0.356 e. The molecule has 2 aromatic carbocycles. The molecule has 0 amide bonds. The molecule has 0 radical (unpaired) electrons. The Kier molecular flexibility index (Phi) is 5.99. The minimum absolute atomic E-state index is 0.0123. The van der Waals surface area contributed by atoms with Gasteiger partial charge in [-0.15, -0.1) is 0 Å². The summed E-state index contributed by atoms with van der Waals surface area (Å²) in [4.78, 5) is 16.4. The molecule has 0 saturated heterocycles. The highest BCUT2D eigenvalue weighted by atomic mass is 79.9. The summed E-state index contributed by atoms with van der Waals surface area (Å²) in [6, 6.07) is 11.5. The van der Waals surface area contributed by atoms with E-state index in [-0.39, 0.29) is 24.4 Å². The third-order valence-corrected chi connectivity index (χ3v) is 6.20. The predicted molar refractivity (Wildman–Crippen MR) is 122 cm³/mol. The van der Waals surface area contributed by atoms with Crippen molar-refractivity contribution in [1.29, 1.82) is 0 Å². The van der Waals surface area contributed by atoms with Gasteiger partial charge >= 0.3 is 5.97 Å². The number of benzene rings is 2. The van der Waals surface area contributed by atoms with E-state index in [4.69, 9.17) is 21.1 Å². The van der Waals surface area contributed by atoms with Crippen molar-refractivity contribution < 1.29 is 19.4 Å². The summed E-state index contributed by atoms with van der Waals surface area (Å²) in [6.45, 7) is 6.19. The second-order valence-corrected chi connectivity index (χ2v) is 8.98. The van der Waals surface area contributed by atoms with Gasteiger partial charge in [0.2, 0.25) is 6.79 Å². The third kappa shape index (κ3) is 4.16. The first-order valence-corrected chi connectivity index (χ1v) is 11.1. The SMILES string of the molecule is Cc1cc(CC(c2ccc(Cl)cc2)c2c(C(=O)O)nc(Br)n2C(C)C)cc2c1OCO2. The Morgan fingerprint density at radius 1 is 1.26 bits per heavy atom. The first kappa shape index (κ1) is 21.7. The maximum absolute atomic E-state index is 12.1. The topological polar surface area (TPSA) is 73.6 Å². The largest absolute Gasteiger partial charge is 0.476 e. The van der Waals surface area contributed by atoms with Gasteiger partial charge in [0.25, 0.3) is 0 Å². The van der Waals surface area contributed by atoms with Crippen LogP contribution < -0.4 is 9.47 Å². The van der Waals surface area contributed by atoms with E-state index in [1.807, 2.05) is 55.7 Å². The molecule has 4 rings (SSSR count). The van der Waals surface area contributed by atoms with E-state index in [1.54, 1.807) is 0 Å². The van der Waals surface area contributed by atoms with Crippen molar-refractivity contribution in [3.8, 4) is 11.5 Å². The summed E-state index contributed by atoms with van der Waals surface area (Å²) in [5.74, 6) is 0.148. The molecule has 0 aliphatic carbocycles. The van der Waals surface area contributed by atoms with Crippen LogP contribution in [0.15, 0.2) is 41.1 Å². The summed E-state index contributed by atoms with van der Waals surface area (Å²) in [5.41, 5.74) is 3.64. The van der Waals surface area contributed by atoms with Gasteiger partial charge in [0.1, 0.15) is 0 Å². The zero-order valence-electron chi connectivity index (χ0n) is 17.4. The molecule has 1 atom stereocenters. The summed E-state index contributed by atoms with van der Waals surface area (Å²) in [5, 5.41) is 10.5. The van der Waals surface area contributed by atoms with Gasteiger partial charge in [-0.25, -0.2) is 9.78 Å². The Morgan fingerprint density at radius 2 is 1.97 bits per heavy atom. The maximum atomic E-state index is 12.1. The van der Waals surface area contributed by atoms with E-state index in [2.05, 4.69) is 27.0 Å². The fourth-order valence-corrected chi connectivity index (χ4v) is 4.98. The van der Waals surface area contributed by atoms with Crippen molar-refractivity contribution in [2.45, 2.75) is 39.2 Å². The van der Waals surface area contributed by atoms with Crippen LogP contribution in [0.5, 0.6) is 11.5 Å². The Hall–Kier alpha value is -2.51. The Balaban J connectivity index is 1.88. The van der Waals surface area contributed by atoms with Crippen molar-refractivity contribution in [3.05, 3.63) is 74.2 Å². The number of ether oxygens (including phenoxy) is 2. The Labute approximate surface area is 193 Å². The van der Waals surface area contributed by atoms with Gasteiger partial charge in [-0.1, -0.05) is 29.8 Å². The van der Waals surface area contributed by atoms with Crippen LogP contribution in [-0.4, -0.2) is 27.4 Å². The average molecular weight is 506 g/mol. The zero-order chi connectivity index (χ0) is 22.3. The van der Waals surface area contributed by atoms with Gasteiger partial charge < -0.3 is 19.1 Å². The predicted octanol–water partition coefficient (Wildman–Crippen LogP) is 5.99. The van der Waals surface area contributed by atoms with Crippen LogP contribution >= 0.6 is 27.5 Å². The van der Waals surface area contributed by atoms with Crippen LogP contribution in [0.25, 0.3) is 0 Å². The number of imidazole rings is 1. The lowest BCUT2D eigenvalue weighted by Crippen LogP contribution is -2.17. The lowest BCUT2D eigenvalue weighted by Gasteiger charge is -2.23. The van der Waals surface area contributed by atoms with Gasteiger partial charge in [-0.05, 0) is 78.0 Å². The number of carboxylic acids is 1. The number of halogens is 2. The van der Waals surface area contributed by atoms with Gasteiger partial charge in [0.15, 0.2) is 21.9 Å². The van der Waals surface area contributed by atoms with Crippen molar-refractivity contribution >= 4 is 33.5 Å². The first-order chi connectivity index (χ1) is 14.8. The molecule has 6 nitrogen and oxygen atoms in total. The molecule has 1 aliphatic rings. The van der Waals surface area contributed by atoms with Gasteiger partial charge in [-0.2, -0.15) is 0 Å². The maximum Gasteiger partial charge on any atom is 0.356 e. The van der Waals surface area contributed by atoms with E-state index in [1.165, 1.54) is 0 Å². The molecule has 0 saturated carbocycles. The van der Waals surface area contributed by atoms with E-state index in [9.17, 15) is 9.90 Å². The molecule has 1 unspecified atom stereocenters. The van der Waals surface area contributed by atoms with Crippen LogP contribution in [0, 0.1) is 6.92 Å². The molecule has 0 spiro atoms. The molecular weight excluding hydrogens is 484 g/mol. The molecule has 0 fully saturated rings. The van der Waals surface area contributed by atoms with Crippen molar-refractivity contribution in [3.63, 3.8) is 0 Å². The average Bonchev–Trinajstić information content (AvgIpc) is 3.31. The molecule has 162 valence electrons. The Bertz CT molecular complexity index is 1140. The molecule has 0 bridgehead atoms. The fraction of sp³-hybridized carbons (Fsp3) is 0.304. The molecule has 3 aromatic rings. The van der Waals surface area contributed by atoms with Crippen LogP contribution in [-0.2, 0) is 6.42 Å². The zero-order valence-corrected chi connectivity index (χ0v) is 19.7. The van der Waals surface area contributed by atoms with Crippen LogP contribution in [0.4, 0.5) is 0 Å². The molecule has 8 heteroatoms. The number of carbonyl (C=O) groups is 1. The molecule has 1 aromatic heterocycles. The number of aromatic nitrogens is 2. The molecule has 2 heterocycles.